The number of thioether (sulfide) groups is 1. The Morgan fingerprint density at radius 1 is 1.35 bits per heavy atom. The number of allylic oxidation sites excluding steroid dienone is 1. The number of aromatic nitrogens is 3. The van der Waals surface area contributed by atoms with Crippen molar-refractivity contribution in [3.05, 3.63) is 72.2 Å². The molecule has 0 aliphatic carbocycles. The zero-order chi connectivity index (χ0) is 22.4. The third kappa shape index (κ3) is 5.60. The van der Waals surface area contributed by atoms with Crippen LogP contribution in [-0.2, 0) is 11.3 Å². The van der Waals surface area contributed by atoms with Gasteiger partial charge < -0.3 is 19.6 Å². The highest BCUT2D eigenvalue weighted by Gasteiger charge is 2.21. The number of carbonyl (C=O) groups is 2. The highest BCUT2D eigenvalue weighted by Crippen LogP contribution is 2.22. The molecule has 1 unspecified atom stereocenters. The van der Waals surface area contributed by atoms with Crippen molar-refractivity contribution in [1.82, 2.24) is 20.1 Å². The normalized spacial score (nSPS) is 11.7. The first-order chi connectivity index (χ1) is 14.9. The monoisotopic (exact) mass is 443 g/mol. The molecule has 31 heavy (non-hydrogen) atoms. The molecule has 1 aromatic carbocycles. The minimum absolute atomic E-state index is 0.0826. The molecule has 2 heterocycles. The number of halogens is 1. The number of amides is 2. The second kappa shape index (κ2) is 10.1. The van der Waals surface area contributed by atoms with Crippen LogP contribution in [0.1, 0.15) is 34.9 Å². The molecule has 3 aromatic rings. The van der Waals surface area contributed by atoms with Gasteiger partial charge in [-0.1, -0.05) is 17.8 Å². The number of anilines is 1. The smallest absolute Gasteiger partial charge is 0.287 e. The van der Waals surface area contributed by atoms with E-state index in [4.69, 9.17) is 4.42 Å². The van der Waals surface area contributed by atoms with E-state index < -0.39 is 6.04 Å². The molecule has 10 heteroatoms. The van der Waals surface area contributed by atoms with Gasteiger partial charge in [0.1, 0.15) is 5.82 Å². The quantitative estimate of drug-likeness (QED) is 0.386. The van der Waals surface area contributed by atoms with Crippen LogP contribution < -0.4 is 10.6 Å². The van der Waals surface area contributed by atoms with Crippen LogP contribution in [0.5, 0.6) is 0 Å². The van der Waals surface area contributed by atoms with Crippen molar-refractivity contribution in [1.29, 1.82) is 0 Å². The zero-order valence-electron chi connectivity index (χ0n) is 17.1. The number of hydrogen-bond donors (Lipinski definition) is 2. The number of carbonyl (C=O) groups excluding carboxylic acids is 2. The van der Waals surface area contributed by atoms with Crippen molar-refractivity contribution in [3.8, 4) is 0 Å². The van der Waals surface area contributed by atoms with Crippen LogP contribution in [0.25, 0.3) is 0 Å². The average molecular weight is 444 g/mol. The minimum atomic E-state index is -0.449. The van der Waals surface area contributed by atoms with Gasteiger partial charge in [-0.3, -0.25) is 9.59 Å². The maximum absolute atomic E-state index is 13.2. The molecule has 3 rings (SSSR count). The largest absolute Gasteiger partial charge is 0.459 e. The summed E-state index contributed by atoms with van der Waals surface area (Å²) >= 11 is 1.20. The SMILES string of the molecule is C=CCn1c(SCC(=O)Nc2ccc(F)cc2C)nnc1C(C)NC(=O)c1ccco1. The summed E-state index contributed by atoms with van der Waals surface area (Å²) in [6.07, 6.45) is 3.10. The topological polar surface area (TPSA) is 102 Å². The number of nitrogens with one attached hydrogen (secondary N) is 2. The van der Waals surface area contributed by atoms with Gasteiger partial charge in [0.15, 0.2) is 16.7 Å². The first kappa shape index (κ1) is 22.3. The summed E-state index contributed by atoms with van der Waals surface area (Å²) in [6.45, 7) is 7.66. The molecule has 0 saturated heterocycles. The Hall–Kier alpha value is -3.40. The molecule has 0 spiro atoms. The summed E-state index contributed by atoms with van der Waals surface area (Å²) < 4.78 is 20.1. The summed E-state index contributed by atoms with van der Waals surface area (Å²) in [5, 5.41) is 14.4. The van der Waals surface area contributed by atoms with Crippen molar-refractivity contribution in [2.45, 2.75) is 31.6 Å². The Kier molecular flexibility index (Phi) is 7.24. The average Bonchev–Trinajstić information content (AvgIpc) is 3.39. The lowest BCUT2D eigenvalue weighted by Crippen LogP contribution is -2.28. The molecule has 0 bridgehead atoms. The summed E-state index contributed by atoms with van der Waals surface area (Å²) in [5.74, 6) is -0.175. The lowest BCUT2D eigenvalue weighted by atomic mass is 10.2. The highest BCUT2D eigenvalue weighted by atomic mass is 32.2. The van der Waals surface area contributed by atoms with Crippen LogP contribution in [0, 0.1) is 12.7 Å². The molecule has 2 N–H and O–H groups in total. The van der Waals surface area contributed by atoms with E-state index in [9.17, 15) is 14.0 Å². The predicted octanol–water partition coefficient (Wildman–Crippen LogP) is 3.73. The van der Waals surface area contributed by atoms with E-state index in [-0.39, 0.29) is 29.1 Å². The molecule has 0 fully saturated rings. The van der Waals surface area contributed by atoms with Gasteiger partial charge in [-0.25, -0.2) is 4.39 Å². The number of hydrogen-bond acceptors (Lipinski definition) is 6. The van der Waals surface area contributed by atoms with Crippen LogP contribution in [0.3, 0.4) is 0 Å². The van der Waals surface area contributed by atoms with Gasteiger partial charge in [-0.15, -0.1) is 16.8 Å². The van der Waals surface area contributed by atoms with Crippen molar-refractivity contribution in [3.63, 3.8) is 0 Å². The standard InChI is InChI=1S/C21H22FN5O3S/c1-4-9-27-19(14(3)23-20(29)17-6-5-10-30-17)25-26-21(27)31-12-18(28)24-16-8-7-15(22)11-13(16)2/h4-8,10-11,14H,1,9,12H2,2-3H3,(H,23,29)(H,24,28). The van der Waals surface area contributed by atoms with Gasteiger partial charge in [0.2, 0.25) is 5.91 Å². The highest BCUT2D eigenvalue weighted by molar-refractivity contribution is 7.99. The fraction of sp³-hybridized carbons (Fsp3) is 0.238. The van der Waals surface area contributed by atoms with Crippen LogP contribution in [-0.4, -0.2) is 32.3 Å². The van der Waals surface area contributed by atoms with Gasteiger partial charge >= 0.3 is 0 Å². The molecule has 0 saturated carbocycles. The Morgan fingerprint density at radius 3 is 2.84 bits per heavy atom. The van der Waals surface area contributed by atoms with E-state index in [1.165, 1.54) is 36.2 Å². The lowest BCUT2D eigenvalue weighted by Gasteiger charge is -2.14. The number of nitrogens with zero attached hydrogens (tertiary/aromatic N) is 3. The van der Waals surface area contributed by atoms with Crippen LogP contribution in [0.2, 0.25) is 0 Å². The maximum Gasteiger partial charge on any atom is 0.287 e. The van der Waals surface area contributed by atoms with Crippen LogP contribution in [0.15, 0.2) is 58.8 Å². The molecule has 2 aromatic heterocycles. The van der Waals surface area contributed by atoms with E-state index in [1.54, 1.807) is 36.6 Å². The Bertz CT molecular complexity index is 1080. The van der Waals surface area contributed by atoms with Gasteiger partial charge in [-0.2, -0.15) is 0 Å². The zero-order valence-corrected chi connectivity index (χ0v) is 17.9. The summed E-state index contributed by atoms with van der Waals surface area (Å²) in [5.41, 5.74) is 1.19. The third-order valence-corrected chi connectivity index (χ3v) is 5.30. The van der Waals surface area contributed by atoms with Crippen molar-refractivity contribution < 1.29 is 18.4 Å². The fourth-order valence-corrected chi connectivity index (χ4v) is 3.61. The van der Waals surface area contributed by atoms with Crippen molar-refractivity contribution in [2.24, 2.45) is 0 Å². The van der Waals surface area contributed by atoms with Gasteiger partial charge in [0.05, 0.1) is 18.1 Å². The summed E-state index contributed by atoms with van der Waals surface area (Å²) in [7, 11) is 0. The molecule has 1 atom stereocenters. The Labute approximate surface area is 182 Å². The molecular weight excluding hydrogens is 421 g/mol. The van der Waals surface area contributed by atoms with Crippen LogP contribution in [0.4, 0.5) is 10.1 Å². The van der Waals surface area contributed by atoms with Crippen molar-refractivity contribution >= 4 is 29.3 Å². The molecule has 162 valence electrons. The van der Waals surface area contributed by atoms with E-state index >= 15 is 0 Å². The summed E-state index contributed by atoms with van der Waals surface area (Å²) in [6, 6.07) is 6.92. The number of benzene rings is 1. The summed E-state index contributed by atoms with van der Waals surface area (Å²) in [4.78, 5) is 24.6. The second-order valence-electron chi connectivity index (χ2n) is 6.71. The van der Waals surface area contributed by atoms with Gasteiger partial charge in [0.25, 0.3) is 5.91 Å². The first-order valence-electron chi connectivity index (χ1n) is 9.46. The minimum Gasteiger partial charge on any atom is -0.459 e. The van der Waals surface area contributed by atoms with E-state index in [0.29, 0.717) is 28.8 Å². The molecule has 2 amide bonds. The number of aryl methyl sites for hydroxylation is 1. The van der Waals surface area contributed by atoms with Crippen molar-refractivity contribution in [2.75, 3.05) is 11.1 Å². The van der Waals surface area contributed by atoms with Gasteiger partial charge in [0, 0.05) is 12.2 Å². The van der Waals surface area contributed by atoms with Crippen LogP contribution >= 0.6 is 11.8 Å². The van der Waals surface area contributed by atoms with E-state index in [0.717, 1.165) is 0 Å². The second-order valence-corrected chi connectivity index (χ2v) is 7.65. The van der Waals surface area contributed by atoms with Gasteiger partial charge in [-0.05, 0) is 49.7 Å². The fourth-order valence-electron chi connectivity index (χ4n) is 2.85. The maximum atomic E-state index is 13.2. The molecule has 8 nitrogen and oxygen atoms in total. The Balaban J connectivity index is 1.66. The molecular formula is C21H22FN5O3S. The predicted molar refractivity (Wildman–Crippen MR) is 115 cm³/mol. The molecule has 0 aliphatic heterocycles. The lowest BCUT2D eigenvalue weighted by molar-refractivity contribution is -0.113. The molecule has 0 aliphatic rings. The molecule has 0 radical (unpaired) electrons. The third-order valence-electron chi connectivity index (χ3n) is 4.33. The number of furan rings is 1. The van der Waals surface area contributed by atoms with E-state index in [2.05, 4.69) is 27.4 Å². The van der Waals surface area contributed by atoms with E-state index in [1.807, 2.05) is 0 Å². The first-order valence-corrected chi connectivity index (χ1v) is 10.4. The number of rotatable bonds is 9. The Morgan fingerprint density at radius 2 is 2.16 bits per heavy atom.